The van der Waals surface area contributed by atoms with Crippen LogP contribution < -0.4 is 23.8 Å². The van der Waals surface area contributed by atoms with Crippen LogP contribution in [0.15, 0.2) is 66.2 Å². The highest BCUT2D eigenvalue weighted by Crippen LogP contribution is 2.46. The minimum absolute atomic E-state index is 0.0591. The predicted octanol–water partition coefficient (Wildman–Crippen LogP) is 6.91. The molecule has 10 heteroatoms. The summed E-state index contributed by atoms with van der Waals surface area (Å²) >= 11 is 1.26. The lowest BCUT2D eigenvalue weighted by molar-refractivity contribution is -0.132. The fraction of sp³-hybridized carbons (Fsp3) is 0.303. The molecular weight excluding hydrogens is 568 g/mol. The van der Waals surface area contributed by atoms with Crippen molar-refractivity contribution in [1.29, 1.82) is 0 Å². The van der Waals surface area contributed by atoms with Gasteiger partial charge in [-0.15, -0.1) is 0 Å². The van der Waals surface area contributed by atoms with Crippen molar-refractivity contribution in [3.63, 3.8) is 0 Å². The second kappa shape index (κ2) is 13.2. The van der Waals surface area contributed by atoms with Gasteiger partial charge in [-0.25, -0.2) is 4.98 Å². The summed E-state index contributed by atoms with van der Waals surface area (Å²) in [7, 11) is 3.11. The molecule has 1 amide bonds. The zero-order chi connectivity index (χ0) is 30.5. The molecule has 1 aromatic heterocycles. The van der Waals surface area contributed by atoms with Crippen LogP contribution in [0.3, 0.4) is 0 Å². The van der Waals surface area contributed by atoms with E-state index in [1.807, 2.05) is 13.0 Å². The first-order valence-electron chi connectivity index (χ1n) is 14.2. The molecule has 0 saturated carbocycles. The number of nitrogens with zero attached hydrogens (tertiary/aromatic N) is 2. The normalized spacial score (nSPS) is 16.1. The number of amides is 1. The number of Topliss-reactive ketones (excluding diaryl/α,β-unsaturated/α-hetero) is 1. The largest absolute Gasteiger partial charge is 0.507 e. The smallest absolute Gasteiger partial charge is 0.301 e. The van der Waals surface area contributed by atoms with E-state index in [1.165, 1.54) is 23.3 Å². The van der Waals surface area contributed by atoms with Crippen LogP contribution >= 0.6 is 11.3 Å². The van der Waals surface area contributed by atoms with Crippen molar-refractivity contribution in [2.45, 2.75) is 39.2 Å². The fourth-order valence-electron chi connectivity index (χ4n) is 4.88. The van der Waals surface area contributed by atoms with Gasteiger partial charge in [-0.1, -0.05) is 49.8 Å². The topological polar surface area (TPSA) is 107 Å². The number of unbranched alkanes of at least 4 members (excludes halogenated alkanes) is 1. The van der Waals surface area contributed by atoms with Crippen molar-refractivity contribution in [2.75, 3.05) is 32.3 Å². The minimum atomic E-state index is -0.985. The summed E-state index contributed by atoms with van der Waals surface area (Å²) in [5.41, 5.74) is 1.50. The van der Waals surface area contributed by atoms with Crippen molar-refractivity contribution in [3.8, 4) is 23.0 Å². The summed E-state index contributed by atoms with van der Waals surface area (Å²) in [4.78, 5) is 33.5. The van der Waals surface area contributed by atoms with E-state index >= 15 is 0 Å². The molecule has 0 aliphatic carbocycles. The van der Waals surface area contributed by atoms with E-state index in [2.05, 4.69) is 6.92 Å². The number of benzene rings is 3. The average molecular weight is 603 g/mol. The monoisotopic (exact) mass is 602 g/mol. The van der Waals surface area contributed by atoms with Crippen LogP contribution in [-0.4, -0.2) is 49.2 Å². The van der Waals surface area contributed by atoms with Crippen molar-refractivity contribution in [1.82, 2.24) is 4.98 Å². The molecule has 1 atom stereocenters. The van der Waals surface area contributed by atoms with Crippen LogP contribution in [0.25, 0.3) is 16.0 Å². The molecule has 0 bridgehead atoms. The van der Waals surface area contributed by atoms with Gasteiger partial charge in [0.15, 0.2) is 16.6 Å². The van der Waals surface area contributed by atoms with Crippen LogP contribution in [0.2, 0.25) is 0 Å². The molecule has 1 unspecified atom stereocenters. The van der Waals surface area contributed by atoms with E-state index in [0.717, 1.165) is 24.0 Å². The Morgan fingerprint density at radius 2 is 1.74 bits per heavy atom. The summed E-state index contributed by atoms with van der Waals surface area (Å²) in [6, 6.07) is 16.5. The van der Waals surface area contributed by atoms with Crippen LogP contribution in [0.4, 0.5) is 5.13 Å². The number of ketones is 1. The van der Waals surface area contributed by atoms with Gasteiger partial charge >= 0.3 is 5.91 Å². The van der Waals surface area contributed by atoms with Crippen molar-refractivity contribution >= 4 is 44.1 Å². The minimum Gasteiger partial charge on any atom is -0.507 e. The summed E-state index contributed by atoms with van der Waals surface area (Å²) in [6.07, 6.45) is 2.68. The molecule has 1 N–H and O–H groups in total. The first-order chi connectivity index (χ1) is 20.9. The third kappa shape index (κ3) is 6.01. The van der Waals surface area contributed by atoms with Crippen LogP contribution in [-0.2, 0) is 9.59 Å². The zero-order valence-corrected chi connectivity index (χ0v) is 25.4. The number of ether oxygens (including phenoxy) is 4. The van der Waals surface area contributed by atoms with Gasteiger partial charge in [0.25, 0.3) is 5.78 Å². The quantitative estimate of drug-likeness (QED) is 0.0807. The van der Waals surface area contributed by atoms with Crippen LogP contribution in [0.5, 0.6) is 23.0 Å². The third-order valence-electron chi connectivity index (χ3n) is 7.07. The van der Waals surface area contributed by atoms with E-state index in [-0.39, 0.29) is 11.3 Å². The van der Waals surface area contributed by atoms with E-state index in [4.69, 9.17) is 23.9 Å². The number of carbonyl (C=O) groups is 2. The van der Waals surface area contributed by atoms with Crippen LogP contribution in [0, 0.1) is 0 Å². The van der Waals surface area contributed by atoms with Gasteiger partial charge < -0.3 is 24.1 Å². The van der Waals surface area contributed by atoms with E-state index in [9.17, 15) is 14.7 Å². The second-order valence-electron chi connectivity index (χ2n) is 9.99. The summed E-state index contributed by atoms with van der Waals surface area (Å²) in [5.74, 6) is 0.270. The highest BCUT2D eigenvalue weighted by Gasteiger charge is 2.48. The number of hydrogen-bond acceptors (Lipinski definition) is 9. The molecule has 224 valence electrons. The fourth-order valence-corrected chi connectivity index (χ4v) is 5.90. The molecule has 2 heterocycles. The number of anilines is 1. The Bertz CT molecular complexity index is 1680. The Balaban J connectivity index is 1.67. The van der Waals surface area contributed by atoms with Gasteiger partial charge in [0, 0.05) is 5.56 Å². The van der Waals surface area contributed by atoms with E-state index in [0.29, 0.717) is 58.0 Å². The Labute approximate surface area is 254 Å². The van der Waals surface area contributed by atoms with Crippen molar-refractivity contribution < 1.29 is 33.6 Å². The molecule has 1 aliphatic heterocycles. The number of thiazole rings is 1. The lowest BCUT2D eigenvalue weighted by atomic mass is 9.95. The van der Waals surface area contributed by atoms with Gasteiger partial charge in [0.1, 0.15) is 17.3 Å². The Kier molecular flexibility index (Phi) is 9.16. The molecular formula is C33H34N2O7S. The number of rotatable bonds is 12. The standard InChI is InChI=1S/C33H34N2O7S/c1-5-7-16-42-25-14-11-20(18-26(25)40-4)29-28(30(36)21-9-8-10-23(17-21)41-15-6-2)31(37)32(38)35(29)33-34-24-13-12-22(39-3)19-27(24)43-33/h8-14,17-19,29,36H,5-7,15-16H2,1-4H3. The highest BCUT2D eigenvalue weighted by molar-refractivity contribution is 7.22. The molecule has 5 rings (SSSR count). The van der Waals surface area contributed by atoms with E-state index < -0.39 is 17.7 Å². The SMILES string of the molecule is CCCCOc1ccc(C2C(=C(O)c3cccc(OCCC)c3)C(=O)C(=O)N2c2nc3ccc(OC)cc3s2)cc1OC. The highest BCUT2D eigenvalue weighted by atomic mass is 32.1. The number of fused-ring (bicyclic) bond motifs is 1. The van der Waals surface area contributed by atoms with Gasteiger partial charge in [0.05, 0.1) is 49.3 Å². The Morgan fingerprint density at radius 3 is 2.49 bits per heavy atom. The van der Waals surface area contributed by atoms with Gasteiger partial charge in [-0.2, -0.15) is 0 Å². The number of aromatic nitrogens is 1. The molecule has 0 radical (unpaired) electrons. The maximum absolute atomic E-state index is 13.7. The Morgan fingerprint density at radius 1 is 0.907 bits per heavy atom. The van der Waals surface area contributed by atoms with Crippen LogP contribution in [0.1, 0.15) is 50.3 Å². The van der Waals surface area contributed by atoms with Gasteiger partial charge in [0.2, 0.25) is 0 Å². The third-order valence-corrected chi connectivity index (χ3v) is 8.09. The number of hydrogen-bond donors (Lipinski definition) is 1. The summed E-state index contributed by atoms with van der Waals surface area (Å²) < 4.78 is 23.5. The van der Waals surface area contributed by atoms with Crippen molar-refractivity contribution in [3.05, 3.63) is 77.4 Å². The number of carbonyl (C=O) groups excluding carboxylic acids is 2. The van der Waals surface area contributed by atoms with Gasteiger partial charge in [-0.3, -0.25) is 14.5 Å². The maximum atomic E-state index is 13.7. The molecule has 1 saturated heterocycles. The first-order valence-corrected chi connectivity index (χ1v) is 15.0. The zero-order valence-electron chi connectivity index (χ0n) is 24.6. The molecule has 1 fully saturated rings. The predicted molar refractivity (Wildman–Crippen MR) is 167 cm³/mol. The summed E-state index contributed by atoms with van der Waals surface area (Å²) in [5, 5.41) is 11.9. The first kappa shape index (κ1) is 29.9. The summed E-state index contributed by atoms with van der Waals surface area (Å²) in [6.45, 7) is 5.11. The number of methoxy groups -OCH3 is 2. The molecule has 4 aromatic rings. The molecule has 9 nitrogen and oxygen atoms in total. The molecule has 1 aliphatic rings. The van der Waals surface area contributed by atoms with Crippen molar-refractivity contribution in [2.24, 2.45) is 0 Å². The molecule has 3 aromatic carbocycles. The molecule has 43 heavy (non-hydrogen) atoms. The van der Waals surface area contributed by atoms with Gasteiger partial charge in [-0.05, 0) is 60.9 Å². The molecule has 0 spiro atoms. The number of aliphatic hydroxyl groups is 1. The Hall–Kier alpha value is -4.57. The lowest BCUT2D eigenvalue weighted by Crippen LogP contribution is -2.29. The van der Waals surface area contributed by atoms with E-state index in [1.54, 1.807) is 61.7 Å². The number of aliphatic hydroxyl groups excluding tert-OH is 1. The second-order valence-corrected chi connectivity index (χ2v) is 11.0. The maximum Gasteiger partial charge on any atom is 0.301 e. The average Bonchev–Trinajstić information content (AvgIpc) is 3.57. The lowest BCUT2D eigenvalue weighted by Gasteiger charge is -2.24.